The van der Waals surface area contributed by atoms with E-state index in [-0.39, 0.29) is 5.56 Å². The van der Waals surface area contributed by atoms with Crippen LogP contribution in [0.5, 0.6) is 0 Å². The molecule has 1 N–H and O–H groups in total. The van der Waals surface area contributed by atoms with E-state index < -0.39 is 11.5 Å². The van der Waals surface area contributed by atoms with Crippen molar-refractivity contribution in [2.45, 2.75) is 13.0 Å². The highest BCUT2D eigenvalue weighted by molar-refractivity contribution is 5.96. The zero-order valence-electron chi connectivity index (χ0n) is 13.1. The minimum Gasteiger partial charge on any atom is -0.422 e. The number of hydrogen-bond acceptors (Lipinski definition) is 3. The van der Waals surface area contributed by atoms with E-state index in [1.165, 1.54) is 0 Å². The van der Waals surface area contributed by atoms with E-state index in [4.69, 9.17) is 4.42 Å². The van der Waals surface area contributed by atoms with Crippen LogP contribution in [0.25, 0.3) is 11.0 Å². The largest absolute Gasteiger partial charge is 0.422 e. The average Bonchev–Trinajstić information content (AvgIpc) is 2.61. The van der Waals surface area contributed by atoms with Crippen LogP contribution in [0.3, 0.4) is 0 Å². The van der Waals surface area contributed by atoms with E-state index in [0.29, 0.717) is 18.5 Å². The highest BCUT2D eigenvalue weighted by atomic mass is 16.4. The third kappa shape index (κ3) is 3.27. The summed E-state index contributed by atoms with van der Waals surface area (Å²) in [6.45, 7) is 4.06. The van der Waals surface area contributed by atoms with Gasteiger partial charge in [-0.05, 0) is 23.6 Å². The number of hydrogen-bond donors (Lipinski definition) is 1. The Hall–Kier alpha value is -3.14. The van der Waals surface area contributed by atoms with Crippen LogP contribution in [0, 0.1) is 0 Å². The van der Waals surface area contributed by atoms with Gasteiger partial charge in [-0.25, -0.2) is 4.79 Å². The van der Waals surface area contributed by atoms with Crippen LogP contribution in [0.15, 0.2) is 76.5 Å². The number of nitrogens with one attached hydrogen (secondary N) is 1. The fourth-order valence-corrected chi connectivity index (χ4v) is 2.55. The minimum absolute atomic E-state index is 0.00850. The van der Waals surface area contributed by atoms with Crippen molar-refractivity contribution in [2.24, 2.45) is 0 Å². The van der Waals surface area contributed by atoms with Gasteiger partial charge in [0, 0.05) is 11.9 Å². The summed E-state index contributed by atoms with van der Waals surface area (Å²) in [6.07, 6.45) is 2.34. The van der Waals surface area contributed by atoms with Gasteiger partial charge in [-0.15, -0.1) is 6.58 Å². The zero-order chi connectivity index (χ0) is 16.9. The van der Waals surface area contributed by atoms with E-state index in [1.807, 2.05) is 48.5 Å². The predicted octanol–water partition coefficient (Wildman–Crippen LogP) is 3.45. The summed E-state index contributed by atoms with van der Waals surface area (Å²) >= 11 is 0. The van der Waals surface area contributed by atoms with Crippen LogP contribution in [-0.2, 0) is 13.0 Å². The quantitative estimate of drug-likeness (QED) is 0.579. The molecule has 0 atom stereocenters. The molecule has 0 unspecified atom stereocenters. The molecule has 0 aliphatic carbocycles. The number of amides is 1. The molecule has 0 saturated carbocycles. The number of carbonyl (C=O) groups excluding carboxylic acids is 1. The lowest BCUT2D eigenvalue weighted by atomic mass is 10.1. The summed E-state index contributed by atoms with van der Waals surface area (Å²) < 4.78 is 5.39. The van der Waals surface area contributed by atoms with Crippen molar-refractivity contribution in [3.63, 3.8) is 0 Å². The van der Waals surface area contributed by atoms with Crippen LogP contribution < -0.4 is 10.9 Å². The number of benzene rings is 2. The number of rotatable bonds is 5. The molecular weight excluding hydrogens is 302 g/mol. The molecule has 0 aliphatic rings. The fourth-order valence-electron chi connectivity index (χ4n) is 2.55. The molecule has 1 aromatic heterocycles. The Morgan fingerprint density at radius 2 is 1.92 bits per heavy atom. The predicted molar refractivity (Wildman–Crippen MR) is 94.0 cm³/mol. The molecule has 3 aromatic rings. The molecule has 0 radical (unpaired) electrons. The summed E-state index contributed by atoms with van der Waals surface area (Å²) in [5, 5.41) is 3.47. The molecule has 0 aliphatic heterocycles. The first kappa shape index (κ1) is 15.7. The Kier molecular flexibility index (Phi) is 4.57. The summed E-state index contributed by atoms with van der Waals surface area (Å²) in [6, 6.07) is 16.7. The first-order chi connectivity index (χ1) is 11.7. The third-order valence-electron chi connectivity index (χ3n) is 3.75. The molecule has 0 saturated heterocycles. The van der Waals surface area contributed by atoms with Crippen LogP contribution >= 0.6 is 0 Å². The second-order valence-electron chi connectivity index (χ2n) is 5.44. The molecule has 0 fully saturated rings. The van der Waals surface area contributed by atoms with E-state index in [2.05, 4.69) is 11.9 Å². The van der Waals surface area contributed by atoms with Crippen molar-refractivity contribution >= 4 is 16.9 Å². The van der Waals surface area contributed by atoms with Crippen molar-refractivity contribution < 1.29 is 9.21 Å². The number of carbonyl (C=O) groups is 1. The van der Waals surface area contributed by atoms with E-state index >= 15 is 0 Å². The molecule has 1 amide bonds. The van der Waals surface area contributed by atoms with E-state index in [0.717, 1.165) is 16.5 Å². The van der Waals surface area contributed by atoms with Crippen molar-refractivity contribution in [1.29, 1.82) is 0 Å². The summed E-state index contributed by atoms with van der Waals surface area (Å²) in [5.41, 5.74) is 1.71. The number of fused-ring (bicyclic) bond motifs is 1. The Bertz CT molecular complexity index is 942. The van der Waals surface area contributed by atoms with Gasteiger partial charge in [0.25, 0.3) is 5.91 Å². The lowest BCUT2D eigenvalue weighted by Gasteiger charge is -2.07. The maximum Gasteiger partial charge on any atom is 0.349 e. The second-order valence-corrected chi connectivity index (χ2v) is 5.44. The molecule has 4 nitrogen and oxygen atoms in total. The highest BCUT2D eigenvalue weighted by Gasteiger charge is 2.14. The van der Waals surface area contributed by atoms with Crippen LogP contribution in [0.2, 0.25) is 0 Å². The monoisotopic (exact) mass is 319 g/mol. The zero-order valence-corrected chi connectivity index (χ0v) is 13.1. The van der Waals surface area contributed by atoms with Gasteiger partial charge >= 0.3 is 5.63 Å². The standard InChI is InChI=1S/C20H17NO3/c1-2-7-15-10-6-11-16-12-17(20(23)24-18(15)16)19(22)21-13-14-8-4-3-5-9-14/h2-6,8-12H,1,7,13H2,(H,21,22). The van der Waals surface area contributed by atoms with E-state index in [1.54, 1.807) is 12.1 Å². The van der Waals surface area contributed by atoms with Crippen molar-refractivity contribution in [3.05, 3.63) is 94.4 Å². The summed E-state index contributed by atoms with van der Waals surface area (Å²) in [7, 11) is 0. The van der Waals surface area contributed by atoms with Crippen LogP contribution in [-0.4, -0.2) is 5.91 Å². The highest BCUT2D eigenvalue weighted by Crippen LogP contribution is 2.19. The van der Waals surface area contributed by atoms with Gasteiger partial charge in [-0.1, -0.05) is 54.6 Å². The SMILES string of the molecule is C=CCc1cccc2cc(C(=O)NCc3ccccc3)c(=O)oc12. The van der Waals surface area contributed by atoms with Crippen molar-refractivity contribution in [1.82, 2.24) is 5.32 Å². The first-order valence-electron chi connectivity index (χ1n) is 7.68. The van der Waals surface area contributed by atoms with Crippen LogP contribution in [0.4, 0.5) is 0 Å². The summed E-state index contributed by atoms with van der Waals surface area (Å²) in [5.74, 6) is -0.441. The average molecular weight is 319 g/mol. The normalized spacial score (nSPS) is 10.5. The molecule has 24 heavy (non-hydrogen) atoms. The lowest BCUT2D eigenvalue weighted by Crippen LogP contribution is -2.27. The third-order valence-corrected chi connectivity index (χ3v) is 3.75. The van der Waals surface area contributed by atoms with Crippen molar-refractivity contribution in [2.75, 3.05) is 0 Å². The van der Waals surface area contributed by atoms with Gasteiger partial charge in [-0.3, -0.25) is 4.79 Å². The lowest BCUT2D eigenvalue weighted by molar-refractivity contribution is 0.0947. The Morgan fingerprint density at radius 1 is 1.12 bits per heavy atom. The number of para-hydroxylation sites is 1. The van der Waals surface area contributed by atoms with Crippen molar-refractivity contribution in [3.8, 4) is 0 Å². The topological polar surface area (TPSA) is 59.3 Å². The van der Waals surface area contributed by atoms with E-state index in [9.17, 15) is 9.59 Å². The molecule has 3 rings (SSSR count). The molecule has 0 spiro atoms. The Labute approximate surface area is 139 Å². The molecule has 2 aromatic carbocycles. The smallest absolute Gasteiger partial charge is 0.349 e. The molecule has 120 valence electrons. The molecule has 0 bridgehead atoms. The maximum absolute atomic E-state index is 12.3. The molecule has 1 heterocycles. The van der Waals surface area contributed by atoms with Gasteiger partial charge in [0.2, 0.25) is 0 Å². The maximum atomic E-state index is 12.3. The Morgan fingerprint density at radius 3 is 2.67 bits per heavy atom. The second kappa shape index (κ2) is 6.96. The van der Waals surface area contributed by atoms with Gasteiger partial charge in [-0.2, -0.15) is 0 Å². The minimum atomic E-state index is -0.635. The van der Waals surface area contributed by atoms with Gasteiger partial charge in [0.05, 0.1) is 0 Å². The first-order valence-corrected chi connectivity index (χ1v) is 7.68. The molecule has 4 heteroatoms. The van der Waals surface area contributed by atoms with Gasteiger partial charge in [0.15, 0.2) is 0 Å². The fraction of sp³-hybridized carbons (Fsp3) is 0.100. The van der Waals surface area contributed by atoms with Gasteiger partial charge in [0.1, 0.15) is 11.1 Å². The molecular formula is C20H17NO3. The summed E-state index contributed by atoms with van der Waals surface area (Å²) in [4.78, 5) is 24.5. The van der Waals surface area contributed by atoms with Crippen LogP contribution in [0.1, 0.15) is 21.5 Å². The number of allylic oxidation sites excluding steroid dienone is 1. The Balaban J connectivity index is 1.89. The van der Waals surface area contributed by atoms with Gasteiger partial charge < -0.3 is 9.73 Å².